The standard InChI is InChI=1S/C13H15NO3/c1-9-10(2)17-12(13(9,3)14(15)16)11-7-5-4-6-8-11/h4-8,10,12H,1H2,2-3H3/t10?,12-,13+/m0/s1. The number of nitro groups is 1. The molecule has 0 spiro atoms. The van der Waals surface area contributed by atoms with Gasteiger partial charge in [-0.05, 0) is 12.5 Å². The van der Waals surface area contributed by atoms with Crippen molar-refractivity contribution in [2.45, 2.75) is 31.6 Å². The van der Waals surface area contributed by atoms with Crippen molar-refractivity contribution in [2.75, 3.05) is 0 Å². The van der Waals surface area contributed by atoms with E-state index in [9.17, 15) is 10.1 Å². The molecule has 0 amide bonds. The van der Waals surface area contributed by atoms with Gasteiger partial charge in [0.2, 0.25) is 0 Å². The zero-order valence-electron chi connectivity index (χ0n) is 9.92. The average molecular weight is 233 g/mol. The van der Waals surface area contributed by atoms with Gasteiger partial charge in [-0.1, -0.05) is 36.9 Å². The third-order valence-electron chi connectivity index (χ3n) is 3.47. The van der Waals surface area contributed by atoms with Crippen LogP contribution in [0.1, 0.15) is 25.5 Å². The van der Waals surface area contributed by atoms with Gasteiger partial charge in [0.1, 0.15) is 0 Å². The van der Waals surface area contributed by atoms with E-state index in [0.717, 1.165) is 5.56 Å². The maximum Gasteiger partial charge on any atom is 0.272 e. The number of ether oxygens (including phenoxy) is 1. The molecule has 0 saturated carbocycles. The predicted molar refractivity (Wildman–Crippen MR) is 64.3 cm³/mol. The van der Waals surface area contributed by atoms with Crippen LogP contribution in [0.4, 0.5) is 0 Å². The van der Waals surface area contributed by atoms with E-state index < -0.39 is 11.6 Å². The van der Waals surface area contributed by atoms with Crippen LogP contribution in [0.2, 0.25) is 0 Å². The fraction of sp³-hybridized carbons (Fsp3) is 0.385. The fourth-order valence-electron chi connectivity index (χ4n) is 2.24. The Labute approximate surface area is 100 Å². The molecule has 1 unspecified atom stereocenters. The van der Waals surface area contributed by atoms with Crippen LogP contribution in [-0.4, -0.2) is 16.6 Å². The van der Waals surface area contributed by atoms with Gasteiger partial charge < -0.3 is 4.74 Å². The number of benzene rings is 1. The Morgan fingerprint density at radius 3 is 2.53 bits per heavy atom. The van der Waals surface area contributed by atoms with Crippen molar-refractivity contribution in [1.29, 1.82) is 0 Å². The molecular weight excluding hydrogens is 218 g/mol. The summed E-state index contributed by atoms with van der Waals surface area (Å²) in [6.07, 6.45) is -0.864. The van der Waals surface area contributed by atoms with Gasteiger partial charge in [-0.2, -0.15) is 0 Å². The third-order valence-corrected chi connectivity index (χ3v) is 3.47. The van der Waals surface area contributed by atoms with Gasteiger partial charge in [0.25, 0.3) is 5.54 Å². The number of rotatable bonds is 2. The van der Waals surface area contributed by atoms with Gasteiger partial charge in [0, 0.05) is 17.4 Å². The van der Waals surface area contributed by atoms with Crippen LogP contribution in [0, 0.1) is 10.1 Å². The summed E-state index contributed by atoms with van der Waals surface area (Å²) < 4.78 is 5.70. The number of hydrogen-bond donors (Lipinski definition) is 0. The summed E-state index contributed by atoms with van der Waals surface area (Å²) in [5.41, 5.74) is 0.0920. The molecule has 4 nitrogen and oxygen atoms in total. The molecule has 1 aliphatic rings. The Bertz CT molecular complexity index is 457. The maximum absolute atomic E-state index is 11.3. The minimum absolute atomic E-state index is 0.295. The lowest BCUT2D eigenvalue weighted by Gasteiger charge is -2.22. The summed E-state index contributed by atoms with van der Waals surface area (Å²) in [4.78, 5) is 11.0. The van der Waals surface area contributed by atoms with Gasteiger partial charge in [-0.15, -0.1) is 0 Å². The van der Waals surface area contributed by atoms with Gasteiger partial charge in [0.15, 0.2) is 6.10 Å². The molecule has 2 rings (SSSR count). The van der Waals surface area contributed by atoms with E-state index in [1.165, 1.54) is 0 Å². The first kappa shape index (κ1) is 11.8. The molecule has 1 fully saturated rings. The average Bonchev–Trinajstić information content (AvgIpc) is 2.56. The monoisotopic (exact) mass is 233 g/mol. The molecule has 1 aromatic carbocycles. The molecule has 4 heteroatoms. The van der Waals surface area contributed by atoms with Crippen LogP contribution < -0.4 is 0 Å². The van der Waals surface area contributed by atoms with Crippen LogP contribution >= 0.6 is 0 Å². The summed E-state index contributed by atoms with van der Waals surface area (Å²) in [5, 5.41) is 11.3. The molecule has 90 valence electrons. The topological polar surface area (TPSA) is 52.4 Å². The second-order valence-corrected chi connectivity index (χ2v) is 4.50. The molecule has 1 aromatic rings. The maximum atomic E-state index is 11.3. The molecular formula is C13H15NO3. The first-order valence-corrected chi connectivity index (χ1v) is 5.52. The second-order valence-electron chi connectivity index (χ2n) is 4.50. The molecule has 0 radical (unpaired) electrons. The van der Waals surface area contributed by atoms with Gasteiger partial charge in [0.05, 0.1) is 6.10 Å². The lowest BCUT2D eigenvalue weighted by Crippen LogP contribution is -2.39. The second kappa shape index (κ2) is 3.96. The summed E-state index contributed by atoms with van der Waals surface area (Å²) >= 11 is 0. The van der Waals surface area contributed by atoms with Gasteiger partial charge in [-0.25, -0.2) is 0 Å². The molecule has 0 bridgehead atoms. The lowest BCUT2D eigenvalue weighted by atomic mass is 9.85. The van der Waals surface area contributed by atoms with Gasteiger partial charge in [-0.3, -0.25) is 10.1 Å². The molecule has 17 heavy (non-hydrogen) atoms. The van der Waals surface area contributed by atoms with Crippen molar-refractivity contribution in [3.63, 3.8) is 0 Å². The van der Waals surface area contributed by atoms with Crippen LogP contribution in [0.25, 0.3) is 0 Å². The van der Waals surface area contributed by atoms with Crippen LogP contribution in [0.15, 0.2) is 42.5 Å². The molecule has 0 N–H and O–H groups in total. The number of hydrogen-bond acceptors (Lipinski definition) is 3. The Morgan fingerprint density at radius 1 is 1.41 bits per heavy atom. The molecule has 1 saturated heterocycles. The minimum atomic E-state index is -1.25. The predicted octanol–water partition coefficient (Wildman–Crippen LogP) is 2.74. The Hall–Kier alpha value is -1.68. The van der Waals surface area contributed by atoms with E-state index in [4.69, 9.17) is 4.74 Å². The van der Waals surface area contributed by atoms with Crippen LogP contribution in [0.3, 0.4) is 0 Å². The zero-order chi connectivity index (χ0) is 12.6. The van der Waals surface area contributed by atoms with Crippen molar-refractivity contribution in [3.8, 4) is 0 Å². The molecule has 1 aliphatic heterocycles. The van der Waals surface area contributed by atoms with Crippen molar-refractivity contribution < 1.29 is 9.66 Å². The van der Waals surface area contributed by atoms with E-state index in [2.05, 4.69) is 6.58 Å². The quantitative estimate of drug-likeness (QED) is 0.448. The smallest absolute Gasteiger partial charge is 0.272 e. The minimum Gasteiger partial charge on any atom is -0.358 e. The van der Waals surface area contributed by atoms with E-state index in [-0.39, 0.29) is 11.0 Å². The number of nitrogens with zero attached hydrogens (tertiary/aromatic N) is 1. The Morgan fingerprint density at radius 2 is 2.00 bits per heavy atom. The molecule has 3 atom stereocenters. The first-order chi connectivity index (χ1) is 7.98. The highest BCUT2D eigenvalue weighted by Crippen LogP contribution is 2.45. The third kappa shape index (κ3) is 1.65. The summed E-state index contributed by atoms with van der Waals surface area (Å²) in [6, 6.07) is 9.27. The van der Waals surface area contributed by atoms with Gasteiger partial charge >= 0.3 is 0 Å². The summed E-state index contributed by atoms with van der Waals surface area (Å²) in [6.45, 7) is 7.20. The Kier molecular flexibility index (Phi) is 2.75. The normalized spacial score (nSPS) is 32.7. The molecule has 1 heterocycles. The highest BCUT2D eigenvalue weighted by atomic mass is 16.6. The summed E-state index contributed by atoms with van der Waals surface area (Å²) in [7, 11) is 0. The first-order valence-electron chi connectivity index (χ1n) is 5.52. The summed E-state index contributed by atoms with van der Waals surface area (Å²) in [5.74, 6) is 0. The lowest BCUT2D eigenvalue weighted by molar-refractivity contribution is -0.561. The fourth-order valence-corrected chi connectivity index (χ4v) is 2.24. The van der Waals surface area contributed by atoms with Crippen molar-refractivity contribution >= 4 is 0 Å². The molecule has 0 aromatic heterocycles. The van der Waals surface area contributed by atoms with E-state index in [1.807, 2.05) is 30.3 Å². The Balaban J connectivity index is 2.47. The van der Waals surface area contributed by atoms with Crippen LogP contribution in [-0.2, 0) is 4.74 Å². The zero-order valence-corrected chi connectivity index (χ0v) is 9.92. The highest BCUT2D eigenvalue weighted by molar-refractivity contribution is 5.31. The van der Waals surface area contributed by atoms with Crippen molar-refractivity contribution in [3.05, 3.63) is 58.2 Å². The largest absolute Gasteiger partial charge is 0.358 e. The molecule has 0 aliphatic carbocycles. The van der Waals surface area contributed by atoms with Crippen molar-refractivity contribution in [2.24, 2.45) is 0 Å². The SMILES string of the molecule is C=C1C(C)O[C@@H](c2ccccc2)[C@]1(C)[N+](=O)[O-]. The van der Waals surface area contributed by atoms with Crippen LogP contribution in [0.5, 0.6) is 0 Å². The van der Waals surface area contributed by atoms with E-state index >= 15 is 0 Å². The van der Waals surface area contributed by atoms with Crippen molar-refractivity contribution in [1.82, 2.24) is 0 Å². The van der Waals surface area contributed by atoms with E-state index in [0.29, 0.717) is 5.57 Å². The highest BCUT2D eigenvalue weighted by Gasteiger charge is 2.57. The van der Waals surface area contributed by atoms with E-state index in [1.54, 1.807) is 13.8 Å².